The molecule has 5 nitrogen and oxygen atoms in total. The molecule has 1 aromatic rings. The molecular weight excluding hydrogens is 302 g/mol. The Labute approximate surface area is 134 Å². The van der Waals surface area contributed by atoms with E-state index in [4.69, 9.17) is 9.47 Å². The van der Waals surface area contributed by atoms with Crippen LogP contribution in [0.4, 0.5) is 0 Å². The summed E-state index contributed by atoms with van der Waals surface area (Å²) in [6, 6.07) is 7.22. The molecule has 0 aromatic heterocycles. The molecule has 0 heterocycles. The first-order valence-electron chi connectivity index (χ1n) is 7.34. The van der Waals surface area contributed by atoms with Gasteiger partial charge < -0.3 is 14.8 Å². The molecule has 1 N–H and O–H groups in total. The number of nitrogens with one attached hydrogen (secondary N) is 1. The molecule has 1 unspecified atom stereocenters. The molecule has 0 saturated heterocycles. The third kappa shape index (κ3) is 6.47. The summed E-state index contributed by atoms with van der Waals surface area (Å²) in [6.45, 7) is 8.45. The molecule has 1 aromatic carbocycles. The number of rotatable bonds is 8. The average Bonchev–Trinajstić information content (AvgIpc) is 2.45. The first-order chi connectivity index (χ1) is 10.3. The minimum atomic E-state index is -0.976. The molecule has 6 heteroatoms. The smallest absolute Gasteiger partial charge is 0.257 e. The van der Waals surface area contributed by atoms with Gasteiger partial charge in [-0.1, -0.05) is 12.1 Å². The van der Waals surface area contributed by atoms with Gasteiger partial charge >= 0.3 is 0 Å². The first-order valence-corrected chi connectivity index (χ1v) is 8.66. The van der Waals surface area contributed by atoms with Crippen LogP contribution >= 0.6 is 0 Å². The maximum atomic E-state index is 11.9. The van der Waals surface area contributed by atoms with Gasteiger partial charge in [0.05, 0.1) is 6.61 Å². The summed E-state index contributed by atoms with van der Waals surface area (Å²) in [6.07, 6.45) is 0. The topological polar surface area (TPSA) is 64.6 Å². The number of carbonyl (C=O) groups is 1. The Bertz CT molecular complexity index is 511. The predicted octanol–water partition coefficient (Wildman–Crippen LogP) is 2.13. The third-order valence-electron chi connectivity index (χ3n) is 2.80. The molecule has 0 bridgehead atoms. The largest absolute Gasteiger partial charge is 0.490 e. The SMILES string of the molecule is CCOc1ccccc1OCC(=O)NCCS(=O)C(C)(C)C. The Morgan fingerprint density at radius 2 is 1.77 bits per heavy atom. The predicted molar refractivity (Wildman–Crippen MR) is 88.9 cm³/mol. The van der Waals surface area contributed by atoms with Crippen molar-refractivity contribution in [1.82, 2.24) is 5.32 Å². The van der Waals surface area contributed by atoms with Crippen molar-refractivity contribution in [2.75, 3.05) is 25.5 Å². The van der Waals surface area contributed by atoms with Gasteiger partial charge in [0.2, 0.25) is 0 Å². The van der Waals surface area contributed by atoms with E-state index in [0.717, 1.165) is 0 Å². The second-order valence-electron chi connectivity index (χ2n) is 5.68. The zero-order valence-electron chi connectivity index (χ0n) is 13.7. The average molecular weight is 327 g/mol. The van der Waals surface area contributed by atoms with Crippen LogP contribution in [0, 0.1) is 0 Å². The fourth-order valence-corrected chi connectivity index (χ4v) is 2.53. The maximum absolute atomic E-state index is 11.9. The second kappa shape index (κ2) is 8.78. The molecule has 0 aliphatic rings. The molecule has 0 spiro atoms. The minimum Gasteiger partial charge on any atom is -0.490 e. The summed E-state index contributed by atoms with van der Waals surface area (Å²) in [5, 5.41) is 2.71. The molecule has 0 aliphatic carbocycles. The van der Waals surface area contributed by atoms with Crippen LogP contribution in [0.2, 0.25) is 0 Å². The van der Waals surface area contributed by atoms with Crippen molar-refractivity contribution < 1.29 is 18.5 Å². The van der Waals surface area contributed by atoms with Gasteiger partial charge in [-0.15, -0.1) is 0 Å². The van der Waals surface area contributed by atoms with Gasteiger partial charge in [-0.2, -0.15) is 0 Å². The van der Waals surface area contributed by atoms with Gasteiger partial charge in [0.25, 0.3) is 5.91 Å². The second-order valence-corrected chi connectivity index (χ2v) is 8.00. The van der Waals surface area contributed by atoms with E-state index in [1.807, 2.05) is 39.8 Å². The molecule has 124 valence electrons. The number of hydrogen-bond acceptors (Lipinski definition) is 4. The Kier molecular flexibility index (Phi) is 7.38. The summed E-state index contributed by atoms with van der Waals surface area (Å²) in [5.74, 6) is 1.35. The van der Waals surface area contributed by atoms with Gasteiger partial charge in [-0.25, -0.2) is 0 Å². The quantitative estimate of drug-likeness (QED) is 0.794. The number of amides is 1. The first kappa shape index (κ1) is 18.5. The molecule has 1 rings (SSSR count). The van der Waals surface area contributed by atoms with Crippen molar-refractivity contribution in [1.29, 1.82) is 0 Å². The molecule has 1 atom stereocenters. The lowest BCUT2D eigenvalue weighted by Gasteiger charge is -2.17. The lowest BCUT2D eigenvalue weighted by molar-refractivity contribution is -0.122. The van der Waals surface area contributed by atoms with Crippen LogP contribution in [0.5, 0.6) is 11.5 Å². The number of ether oxygens (including phenoxy) is 2. The highest BCUT2D eigenvalue weighted by Crippen LogP contribution is 2.26. The highest BCUT2D eigenvalue weighted by molar-refractivity contribution is 7.86. The Morgan fingerprint density at radius 1 is 1.18 bits per heavy atom. The third-order valence-corrected chi connectivity index (χ3v) is 4.74. The summed E-state index contributed by atoms with van der Waals surface area (Å²) in [5.41, 5.74) is 0. The van der Waals surface area contributed by atoms with E-state index in [0.29, 0.717) is 30.4 Å². The van der Waals surface area contributed by atoms with Crippen molar-refractivity contribution in [2.45, 2.75) is 32.4 Å². The summed E-state index contributed by atoms with van der Waals surface area (Å²) in [4.78, 5) is 11.7. The zero-order valence-corrected chi connectivity index (χ0v) is 14.5. The van der Waals surface area contributed by atoms with Crippen LogP contribution in [0.3, 0.4) is 0 Å². The van der Waals surface area contributed by atoms with Crippen LogP contribution in [0.1, 0.15) is 27.7 Å². The standard InChI is InChI=1S/C16H25NO4S/c1-5-20-13-8-6-7-9-14(13)21-12-15(18)17-10-11-22(19)16(2,3)4/h6-9H,5,10-12H2,1-4H3,(H,17,18). The van der Waals surface area contributed by atoms with Crippen molar-refractivity contribution in [3.05, 3.63) is 24.3 Å². The Hall–Kier alpha value is -1.56. The summed E-state index contributed by atoms with van der Waals surface area (Å²) in [7, 11) is -0.976. The normalized spacial score (nSPS) is 12.5. The van der Waals surface area contributed by atoms with Gasteiger partial charge in [-0.05, 0) is 39.8 Å². The monoisotopic (exact) mass is 327 g/mol. The van der Waals surface area contributed by atoms with E-state index >= 15 is 0 Å². The Balaban J connectivity index is 2.36. The van der Waals surface area contributed by atoms with E-state index in [1.54, 1.807) is 12.1 Å². The minimum absolute atomic E-state index is 0.0910. The number of carbonyl (C=O) groups excluding carboxylic acids is 1. The molecule has 0 saturated carbocycles. The fourth-order valence-electron chi connectivity index (χ4n) is 1.63. The summed E-state index contributed by atoms with van der Waals surface area (Å²) >= 11 is 0. The zero-order chi connectivity index (χ0) is 16.6. The maximum Gasteiger partial charge on any atom is 0.257 e. The van der Waals surface area contributed by atoms with E-state index < -0.39 is 10.8 Å². The highest BCUT2D eigenvalue weighted by Gasteiger charge is 2.18. The van der Waals surface area contributed by atoms with Crippen LogP contribution in [-0.4, -0.2) is 40.4 Å². The van der Waals surface area contributed by atoms with Gasteiger partial charge in [-0.3, -0.25) is 9.00 Å². The van der Waals surface area contributed by atoms with Crippen molar-refractivity contribution in [3.63, 3.8) is 0 Å². The van der Waals surface area contributed by atoms with E-state index in [2.05, 4.69) is 5.32 Å². The highest BCUT2D eigenvalue weighted by atomic mass is 32.2. The molecule has 0 radical (unpaired) electrons. The van der Waals surface area contributed by atoms with Crippen molar-refractivity contribution in [3.8, 4) is 11.5 Å². The fraction of sp³-hybridized carbons (Fsp3) is 0.562. The van der Waals surface area contributed by atoms with Crippen molar-refractivity contribution in [2.24, 2.45) is 0 Å². The molecule has 0 fully saturated rings. The molecular formula is C16H25NO4S. The molecule has 1 amide bonds. The van der Waals surface area contributed by atoms with Crippen LogP contribution < -0.4 is 14.8 Å². The van der Waals surface area contributed by atoms with E-state index in [-0.39, 0.29) is 17.3 Å². The number of para-hydroxylation sites is 2. The summed E-state index contributed by atoms with van der Waals surface area (Å²) < 4.78 is 22.5. The van der Waals surface area contributed by atoms with E-state index in [1.165, 1.54) is 0 Å². The van der Waals surface area contributed by atoms with Crippen LogP contribution in [-0.2, 0) is 15.6 Å². The Morgan fingerprint density at radius 3 is 2.32 bits per heavy atom. The van der Waals surface area contributed by atoms with Crippen molar-refractivity contribution >= 4 is 16.7 Å². The van der Waals surface area contributed by atoms with Crippen LogP contribution in [0.15, 0.2) is 24.3 Å². The number of benzene rings is 1. The van der Waals surface area contributed by atoms with Gasteiger partial charge in [0.1, 0.15) is 0 Å². The molecule has 0 aliphatic heterocycles. The van der Waals surface area contributed by atoms with E-state index in [9.17, 15) is 9.00 Å². The lowest BCUT2D eigenvalue weighted by atomic mass is 10.3. The van der Waals surface area contributed by atoms with Crippen LogP contribution in [0.25, 0.3) is 0 Å². The number of hydrogen-bond donors (Lipinski definition) is 1. The molecule has 22 heavy (non-hydrogen) atoms. The van der Waals surface area contributed by atoms with Gasteiger partial charge in [0.15, 0.2) is 18.1 Å². The lowest BCUT2D eigenvalue weighted by Crippen LogP contribution is -2.35. The van der Waals surface area contributed by atoms with Gasteiger partial charge in [0, 0.05) is 27.8 Å².